The Morgan fingerprint density at radius 3 is 2.96 bits per heavy atom. The molecule has 3 aromatic rings. The number of nitrogens with one attached hydrogen (secondary N) is 1. The molecule has 1 saturated heterocycles. The van der Waals surface area contributed by atoms with Gasteiger partial charge in [0.2, 0.25) is 5.91 Å². The number of sulfonamides is 1. The molecule has 3 aromatic heterocycles. The lowest BCUT2D eigenvalue weighted by molar-refractivity contribution is -0.126. The molecule has 1 fully saturated rings. The Kier molecular flexibility index (Phi) is 4.98. The first kappa shape index (κ1) is 18.1. The van der Waals surface area contributed by atoms with Crippen LogP contribution in [-0.2, 0) is 21.4 Å². The van der Waals surface area contributed by atoms with Crippen molar-refractivity contribution < 1.29 is 13.2 Å². The molecule has 4 rings (SSSR count). The molecule has 1 atom stereocenters. The number of aromatic nitrogens is 2. The average Bonchev–Trinajstić information content (AvgIpc) is 3.36. The fourth-order valence-electron chi connectivity index (χ4n) is 3.31. The molecule has 7 nitrogen and oxygen atoms in total. The van der Waals surface area contributed by atoms with E-state index in [1.165, 1.54) is 15.6 Å². The van der Waals surface area contributed by atoms with E-state index in [1.807, 2.05) is 35.0 Å². The van der Waals surface area contributed by atoms with Crippen LogP contribution >= 0.6 is 11.3 Å². The van der Waals surface area contributed by atoms with Crippen LogP contribution in [0.15, 0.2) is 52.3 Å². The second kappa shape index (κ2) is 7.41. The number of carbonyl (C=O) groups excluding carboxylic acids is 1. The summed E-state index contributed by atoms with van der Waals surface area (Å²) in [5.41, 5.74) is 1.60. The van der Waals surface area contributed by atoms with E-state index in [2.05, 4.69) is 10.3 Å². The maximum absolute atomic E-state index is 12.7. The van der Waals surface area contributed by atoms with Crippen LogP contribution in [0.1, 0.15) is 18.5 Å². The van der Waals surface area contributed by atoms with Crippen LogP contribution in [0.25, 0.3) is 5.65 Å². The van der Waals surface area contributed by atoms with Gasteiger partial charge in [-0.15, -0.1) is 11.3 Å². The van der Waals surface area contributed by atoms with Crippen molar-refractivity contribution in [2.75, 3.05) is 13.1 Å². The minimum absolute atomic E-state index is 0.127. The second-order valence-corrected chi connectivity index (χ2v) is 9.66. The number of imidazole rings is 1. The minimum atomic E-state index is -3.51. The molecule has 0 aliphatic carbocycles. The predicted octanol–water partition coefficient (Wildman–Crippen LogP) is 2.11. The van der Waals surface area contributed by atoms with E-state index in [0.717, 1.165) is 11.3 Å². The Labute approximate surface area is 161 Å². The maximum atomic E-state index is 12.7. The molecule has 0 saturated carbocycles. The molecular weight excluding hydrogens is 384 g/mol. The first-order chi connectivity index (χ1) is 13.0. The van der Waals surface area contributed by atoms with Gasteiger partial charge in [0.1, 0.15) is 9.86 Å². The van der Waals surface area contributed by atoms with Crippen LogP contribution in [0, 0.1) is 5.92 Å². The lowest BCUT2D eigenvalue weighted by atomic mass is 9.99. The predicted molar refractivity (Wildman–Crippen MR) is 103 cm³/mol. The highest BCUT2D eigenvalue weighted by Gasteiger charge is 2.33. The van der Waals surface area contributed by atoms with Gasteiger partial charge in [-0.2, -0.15) is 4.31 Å². The SMILES string of the molecule is O=C(NCc1cn2ccccc2n1)C1CCCN(S(=O)(=O)c2cccs2)C1. The molecule has 0 bridgehead atoms. The number of pyridine rings is 1. The van der Waals surface area contributed by atoms with E-state index in [-0.39, 0.29) is 18.4 Å². The van der Waals surface area contributed by atoms with Crippen molar-refractivity contribution in [1.82, 2.24) is 19.0 Å². The fourth-order valence-corrected chi connectivity index (χ4v) is 5.97. The van der Waals surface area contributed by atoms with Gasteiger partial charge in [-0.05, 0) is 36.4 Å². The van der Waals surface area contributed by atoms with Crippen molar-refractivity contribution in [3.05, 3.63) is 53.8 Å². The monoisotopic (exact) mass is 404 g/mol. The molecule has 27 heavy (non-hydrogen) atoms. The van der Waals surface area contributed by atoms with Gasteiger partial charge in [-0.3, -0.25) is 4.79 Å². The Morgan fingerprint density at radius 2 is 2.19 bits per heavy atom. The zero-order chi connectivity index (χ0) is 18.9. The van der Waals surface area contributed by atoms with Gasteiger partial charge in [-0.1, -0.05) is 12.1 Å². The van der Waals surface area contributed by atoms with Gasteiger partial charge in [0.25, 0.3) is 10.0 Å². The van der Waals surface area contributed by atoms with Crippen molar-refractivity contribution >= 4 is 32.9 Å². The fraction of sp³-hybridized carbons (Fsp3) is 0.333. The third-order valence-corrected chi connectivity index (χ3v) is 7.94. The van der Waals surface area contributed by atoms with Crippen molar-refractivity contribution in [3.63, 3.8) is 0 Å². The Morgan fingerprint density at radius 1 is 1.30 bits per heavy atom. The number of hydrogen-bond acceptors (Lipinski definition) is 5. The van der Waals surface area contributed by atoms with Crippen molar-refractivity contribution in [2.24, 2.45) is 5.92 Å². The number of rotatable bonds is 5. The van der Waals surface area contributed by atoms with Crippen molar-refractivity contribution in [1.29, 1.82) is 0 Å². The largest absolute Gasteiger partial charge is 0.350 e. The van der Waals surface area contributed by atoms with Gasteiger partial charge in [0.15, 0.2) is 0 Å². The highest BCUT2D eigenvalue weighted by atomic mass is 32.2. The number of fused-ring (bicyclic) bond motifs is 1. The Balaban J connectivity index is 1.40. The standard InChI is InChI=1S/C18H20N4O3S2/c23-18(19-11-15-13-21-8-2-1-6-16(21)20-15)14-5-3-9-22(12-14)27(24,25)17-7-4-10-26-17/h1-2,4,6-8,10,13-14H,3,5,9,11-12H2,(H,19,23). The van der Waals surface area contributed by atoms with Gasteiger partial charge in [0, 0.05) is 25.5 Å². The summed E-state index contributed by atoms with van der Waals surface area (Å²) in [5.74, 6) is -0.469. The normalized spacial score (nSPS) is 18.6. The molecular formula is C18H20N4O3S2. The van der Waals surface area contributed by atoms with Gasteiger partial charge in [-0.25, -0.2) is 13.4 Å². The van der Waals surface area contributed by atoms with Crippen LogP contribution < -0.4 is 5.32 Å². The number of thiophene rings is 1. The second-order valence-electron chi connectivity index (χ2n) is 6.55. The van der Waals surface area contributed by atoms with Crippen LogP contribution in [0.2, 0.25) is 0 Å². The topological polar surface area (TPSA) is 83.8 Å². The number of nitrogens with zero attached hydrogens (tertiary/aromatic N) is 3. The molecule has 0 spiro atoms. The van der Waals surface area contributed by atoms with Gasteiger partial charge in [0.05, 0.1) is 18.2 Å². The molecule has 0 aromatic carbocycles. The molecule has 142 valence electrons. The first-order valence-electron chi connectivity index (χ1n) is 8.78. The average molecular weight is 405 g/mol. The number of piperidine rings is 1. The zero-order valence-electron chi connectivity index (χ0n) is 14.6. The third kappa shape index (κ3) is 3.76. The summed E-state index contributed by atoms with van der Waals surface area (Å²) in [5, 5.41) is 4.65. The van der Waals surface area contributed by atoms with E-state index in [1.54, 1.807) is 17.5 Å². The summed E-state index contributed by atoms with van der Waals surface area (Å²) in [6.07, 6.45) is 5.15. The highest BCUT2D eigenvalue weighted by molar-refractivity contribution is 7.91. The van der Waals surface area contributed by atoms with Gasteiger partial charge >= 0.3 is 0 Å². The molecule has 1 unspecified atom stereocenters. The van der Waals surface area contributed by atoms with E-state index >= 15 is 0 Å². The summed E-state index contributed by atoms with van der Waals surface area (Å²) in [7, 11) is -3.51. The van der Waals surface area contributed by atoms with Crippen LogP contribution in [-0.4, -0.2) is 41.1 Å². The first-order valence-corrected chi connectivity index (χ1v) is 11.1. The summed E-state index contributed by atoms with van der Waals surface area (Å²) in [6, 6.07) is 9.06. The maximum Gasteiger partial charge on any atom is 0.252 e. The summed E-state index contributed by atoms with van der Waals surface area (Å²) in [6.45, 7) is 1.00. The Hall–Kier alpha value is -2.23. The van der Waals surface area contributed by atoms with Crippen LogP contribution in [0.5, 0.6) is 0 Å². The lowest BCUT2D eigenvalue weighted by Gasteiger charge is -2.30. The van der Waals surface area contributed by atoms with E-state index in [0.29, 0.717) is 30.1 Å². The third-order valence-electron chi connectivity index (χ3n) is 4.70. The molecule has 1 aliphatic rings. The highest BCUT2D eigenvalue weighted by Crippen LogP contribution is 2.26. The molecule has 1 N–H and O–H groups in total. The molecule has 0 radical (unpaired) electrons. The molecule has 4 heterocycles. The van der Waals surface area contributed by atoms with Crippen molar-refractivity contribution in [2.45, 2.75) is 23.6 Å². The lowest BCUT2D eigenvalue weighted by Crippen LogP contribution is -2.45. The van der Waals surface area contributed by atoms with Crippen LogP contribution in [0.3, 0.4) is 0 Å². The number of amides is 1. The van der Waals surface area contributed by atoms with E-state index in [9.17, 15) is 13.2 Å². The molecule has 9 heteroatoms. The van der Waals surface area contributed by atoms with Crippen molar-refractivity contribution in [3.8, 4) is 0 Å². The Bertz CT molecular complexity index is 1010. The molecule has 1 amide bonds. The zero-order valence-corrected chi connectivity index (χ0v) is 16.2. The quantitative estimate of drug-likeness (QED) is 0.706. The summed E-state index contributed by atoms with van der Waals surface area (Å²) < 4.78 is 29.0. The summed E-state index contributed by atoms with van der Waals surface area (Å²) in [4.78, 5) is 17.0. The number of carbonyl (C=O) groups is 1. The van der Waals surface area contributed by atoms with Crippen LogP contribution in [0.4, 0.5) is 0 Å². The van der Waals surface area contributed by atoms with Gasteiger partial charge < -0.3 is 9.72 Å². The smallest absolute Gasteiger partial charge is 0.252 e. The summed E-state index contributed by atoms with van der Waals surface area (Å²) >= 11 is 1.20. The minimum Gasteiger partial charge on any atom is -0.350 e. The molecule has 1 aliphatic heterocycles. The number of hydrogen-bond donors (Lipinski definition) is 1. The van der Waals surface area contributed by atoms with E-state index in [4.69, 9.17) is 0 Å². The van der Waals surface area contributed by atoms with E-state index < -0.39 is 10.0 Å².